The van der Waals surface area contributed by atoms with Crippen LogP contribution in [0.25, 0.3) is 16.1 Å². The summed E-state index contributed by atoms with van der Waals surface area (Å²) in [5.74, 6) is -3.48. The molecule has 7 aromatic rings. The van der Waals surface area contributed by atoms with Crippen LogP contribution >= 0.6 is 0 Å². The van der Waals surface area contributed by atoms with Gasteiger partial charge in [0.2, 0.25) is 0 Å². The Morgan fingerprint density at radius 2 is 1.17 bits per heavy atom. The van der Waals surface area contributed by atoms with Crippen LogP contribution in [-0.2, 0) is 25.3 Å². The van der Waals surface area contributed by atoms with E-state index >= 15 is 0 Å². The number of Topliss-reactive ketones (excluding diaryl/α,β-unsaturated/α-hetero) is 4. The Balaban J connectivity index is 0.000000175. The minimum atomic E-state index is -3.60. The van der Waals surface area contributed by atoms with E-state index in [9.17, 15) is 58.6 Å². The molecule has 4 bridgehead atoms. The molecule has 5 aliphatic rings. The number of nitrogens with zero attached hydrogens (tertiary/aromatic N) is 6. The quantitative estimate of drug-likeness (QED) is 0.0142. The zero-order valence-electron chi connectivity index (χ0n) is 54.8. The molecule has 536 valence electrons. The van der Waals surface area contributed by atoms with Gasteiger partial charge in [0.15, 0.2) is 98.5 Å². The summed E-state index contributed by atoms with van der Waals surface area (Å²) in [6.45, 7) is 12.9. The van der Waals surface area contributed by atoms with E-state index in [1.54, 1.807) is 12.3 Å². The van der Waals surface area contributed by atoms with Crippen LogP contribution in [0.4, 0.5) is 27.8 Å². The van der Waals surface area contributed by atoms with Crippen molar-refractivity contribution in [3.63, 3.8) is 0 Å². The fraction of sp³-hybridized carbons (Fsp3) is 0.359. The van der Waals surface area contributed by atoms with Crippen LogP contribution in [0.2, 0.25) is 0 Å². The van der Waals surface area contributed by atoms with Crippen molar-refractivity contribution in [2.45, 2.75) is 90.6 Å². The van der Waals surface area contributed by atoms with Crippen molar-refractivity contribution in [2.75, 3.05) is 64.3 Å². The van der Waals surface area contributed by atoms with Crippen molar-refractivity contribution in [1.82, 2.24) is 19.9 Å². The Bertz CT molecular complexity index is 4440. The number of aliphatic hydroxyl groups excluding tert-OH is 1. The van der Waals surface area contributed by atoms with Crippen molar-refractivity contribution in [3.05, 3.63) is 152 Å². The molecule has 6 atom stereocenters. The molecule has 7 N–H and O–H groups in total. The summed E-state index contributed by atoms with van der Waals surface area (Å²) >= 11 is 0. The van der Waals surface area contributed by atoms with E-state index in [-0.39, 0.29) is 150 Å². The van der Waals surface area contributed by atoms with Crippen LogP contribution in [-0.4, -0.2) is 160 Å². The molecule has 100 heavy (non-hydrogen) atoms. The number of anilines is 1. The Hall–Kier alpha value is -10.4. The highest BCUT2D eigenvalue weighted by Gasteiger charge is 2.32. The molecule has 0 unspecified atom stereocenters. The molecule has 29 nitrogen and oxygen atoms in total. The number of nitrogens with one attached hydrogen (secondary N) is 2. The number of phenolic OH excluding ortho intramolecular Hbond substituents is 2. The summed E-state index contributed by atoms with van der Waals surface area (Å²) in [6, 6.07) is 12.4. The first-order chi connectivity index (χ1) is 47.0. The van der Waals surface area contributed by atoms with Gasteiger partial charge < -0.3 is 63.8 Å². The minimum absolute atomic E-state index is 0.00329. The second-order valence-electron chi connectivity index (χ2n) is 23.1. The number of rotatable bonds is 10. The Morgan fingerprint density at radius 3 is 1.66 bits per heavy atom. The Kier molecular flexibility index (Phi) is 25.7. The van der Waals surface area contributed by atoms with Crippen LogP contribution < -0.4 is 53.7 Å². The van der Waals surface area contributed by atoms with Gasteiger partial charge in [-0.15, -0.1) is 0 Å². The molecule has 0 spiro atoms. The maximum Gasteiger partial charge on any atom is 0.264 e. The van der Waals surface area contributed by atoms with Gasteiger partial charge in [-0.2, -0.15) is 13.5 Å². The number of carbonyl (C=O) groups excluding carboxylic acids is 5. The SMILES string of the molecule is CC(=O)c1cc(F)cc(O)c1O.CC(=O)c1cc(F)cc2c1O[C@H](CN=[N+]=[N-])CO2.CC(=O)c1cc(F)cc2c1O[C@H](CO)CO2.CC(=O)c1cc(F)cc2c1O[C@H](COS(C)(=O)=O)CO2.CC(C)(C)[S@](N)=O.C[C@H]1Nc2ccn3ncc(c3n2)C(=O)NC[C@@H]2COc3cc(F)cc1c3O2. The molecular formula is C64H68F5N9O20S2. The monoisotopic (exact) mass is 1440 g/mol. The molecule has 0 saturated heterocycles. The second kappa shape index (κ2) is 33.4. The lowest BCUT2D eigenvalue weighted by molar-refractivity contribution is 0.0441. The van der Waals surface area contributed by atoms with Crippen molar-refractivity contribution >= 4 is 61.6 Å². The molecule has 7 heterocycles. The predicted octanol–water partition coefficient (Wildman–Crippen LogP) is 8.55. The van der Waals surface area contributed by atoms with Crippen molar-refractivity contribution < 1.29 is 116 Å². The first-order valence-corrected chi connectivity index (χ1v) is 32.9. The lowest BCUT2D eigenvalue weighted by Crippen LogP contribution is -2.41. The summed E-state index contributed by atoms with van der Waals surface area (Å²) in [4.78, 5) is 64.6. The van der Waals surface area contributed by atoms with Gasteiger partial charge in [-0.3, -0.25) is 33.3 Å². The highest BCUT2D eigenvalue weighted by molar-refractivity contribution is 7.86. The highest BCUT2D eigenvalue weighted by Crippen LogP contribution is 2.42. The lowest BCUT2D eigenvalue weighted by Gasteiger charge is -2.30. The van der Waals surface area contributed by atoms with Gasteiger partial charge in [0, 0.05) is 47.0 Å². The predicted molar refractivity (Wildman–Crippen MR) is 346 cm³/mol. The van der Waals surface area contributed by atoms with E-state index in [0.717, 1.165) is 54.8 Å². The third-order valence-electron chi connectivity index (χ3n) is 14.1. The average molecular weight is 1440 g/mol. The normalized spacial score (nSPS) is 17.6. The smallest absolute Gasteiger partial charge is 0.264 e. The number of hydrogen-bond donors (Lipinski definition) is 6. The highest BCUT2D eigenvalue weighted by atomic mass is 32.2. The van der Waals surface area contributed by atoms with Gasteiger partial charge in [-0.1, -0.05) is 5.11 Å². The molecule has 36 heteroatoms. The largest absolute Gasteiger partial charge is 0.504 e. The number of aromatic nitrogens is 3. The number of phenols is 2. The Morgan fingerprint density at radius 1 is 0.720 bits per heavy atom. The topological polar surface area (TPSA) is 409 Å². The van der Waals surface area contributed by atoms with Crippen LogP contribution in [0.15, 0.2) is 84.2 Å². The molecule has 0 aliphatic carbocycles. The average Bonchev–Trinajstić information content (AvgIpc) is 1.83. The fourth-order valence-corrected chi connectivity index (χ4v) is 9.51. The minimum Gasteiger partial charge on any atom is -0.504 e. The zero-order valence-corrected chi connectivity index (χ0v) is 56.4. The number of aromatic hydroxyl groups is 2. The van der Waals surface area contributed by atoms with Crippen LogP contribution in [0, 0.1) is 29.1 Å². The molecular weight excluding hydrogens is 1370 g/mol. The van der Waals surface area contributed by atoms with Gasteiger partial charge in [-0.25, -0.2) is 35.7 Å². The number of amides is 1. The molecule has 5 aliphatic heterocycles. The molecule has 12 rings (SSSR count). The van der Waals surface area contributed by atoms with Gasteiger partial charge in [0.1, 0.15) is 85.7 Å². The van der Waals surface area contributed by atoms with Crippen molar-refractivity contribution in [1.29, 1.82) is 0 Å². The number of hydrogen-bond acceptors (Lipinski definition) is 24. The number of carbonyl (C=O) groups is 5. The number of aliphatic hydroxyl groups is 1. The molecule has 1 amide bonds. The van der Waals surface area contributed by atoms with Crippen LogP contribution in [0.1, 0.15) is 119 Å². The summed E-state index contributed by atoms with van der Waals surface area (Å²) in [7, 11) is -4.78. The van der Waals surface area contributed by atoms with E-state index in [4.69, 9.17) is 63.9 Å². The maximum atomic E-state index is 14.1. The number of benzene rings is 5. The fourth-order valence-electron chi connectivity index (χ4n) is 9.11. The first-order valence-electron chi connectivity index (χ1n) is 29.8. The molecule has 2 aromatic heterocycles. The van der Waals surface area contributed by atoms with E-state index in [1.165, 1.54) is 50.5 Å². The van der Waals surface area contributed by atoms with E-state index in [0.29, 0.717) is 34.1 Å². The number of fused-ring (bicyclic) bond motifs is 5. The van der Waals surface area contributed by atoms with Gasteiger partial charge in [0.05, 0.1) is 76.2 Å². The van der Waals surface area contributed by atoms with E-state index in [2.05, 4.69) is 34.9 Å². The van der Waals surface area contributed by atoms with Crippen molar-refractivity contribution in [2.24, 2.45) is 10.3 Å². The van der Waals surface area contributed by atoms with Gasteiger partial charge >= 0.3 is 0 Å². The number of azide groups is 1. The third-order valence-corrected chi connectivity index (χ3v) is 15.8. The van der Waals surface area contributed by atoms with E-state index in [1.807, 2.05) is 27.7 Å². The molecule has 5 aromatic carbocycles. The number of ether oxygens (including phenoxy) is 8. The van der Waals surface area contributed by atoms with Gasteiger partial charge in [-0.05, 0) is 97.3 Å². The summed E-state index contributed by atoms with van der Waals surface area (Å²) in [5.41, 5.74) is 9.74. The zero-order chi connectivity index (χ0) is 73.7. The second-order valence-corrected chi connectivity index (χ2v) is 26.6. The standard InChI is InChI=1S/C18H16FN5O3.C12H13FO6S.C11H10FN3O3.C11H11FO4.C8H7FO3.C4H11NOS/c1-9-12-4-10(19)5-14-16(12)27-11(8-26-14)6-20-18(25)13-7-21-24-3-2-15(22-9)23-17(13)24;1-7(14)10-3-8(13)4-11-12(10)19-9(5-17-11)6-18-20(2,15)16;1-6(16)9-2-7(12)3-10-11(9)18-8(5-17-10)4-14-15-13;1-6(14)9-2-7(12)3-10-11(9)16-8(4-13)5-15-10;1-4(10)6-2-5(9)3-7(11)8(6)12;1-4(2,3)7(5)6/h2-5,7,9,11H,6,8H2,1H3,(H,20,25)(H,22,23);3-4,9H,5-6H2,1-2H3;2-3,8H,4-5H2,1H3;2-3,8,13H,4-5H2,1H3;2-3,11-12H,1H3;5H2,1-3H3/t9-,11-;9-;2*8-;;7-/m1011.1/s1. The Labute approximate surface area is 569 Å². The number of nitrogens with two attached hydrogens (primary N) is 1. The first kappa shape index (κ1) is 77.0. The third kappa shape index (κ3) is 20.6. The number of ketones is 4. The van der Waals surface area contributed by atoms with Crippen molar-refractivity contribution in [3.8, 4) is 57.5 Å². The van der Waals surface area contributed by atoms with Gasteiger partial charge in [0.25, 0.3) is 16.0 Å². The molecule has 0 fully saturated rings. The maximum absolute atomic E-state index is 14.1. The summed E-state index contributed by atoms with van der Waals surface area (Å²) < 4.78 is 148. The van der Waals surface area contributed by atoms with E-state index < -0.39 is 85.8 Å². The van der Waals surface area contributed by atoms with Crippen LogP contribution in [0.3, 0.4) is 0 Å². The summed E-state index contributed by atoms with van der Waals surface area (Å²) in [5, 5.41) is 45.5. The van der Waals surface area contributed by atoms with Crippen LogP contribution in [0.5, 0.6) is 57.5 Å². The lowest BCUT2D eigenvalue weighted by atomic mass is 10.1. The molecule has 0 saturated carbocycles. The number of halogens is 5. The summed E-state index contributed by atoms with van der Waals surface area (Å²) in [6.07, 6.45) is 2.03. The molecule has 0 radical (unpaired) electrons.